The molecule has 0 fully saturated rings. The summed E-state index contributed by atoms with van der Waals surface area (Å²) in [5, 5.41) is 10.2. The number of aromatic nitrogens is 2. The molecule has 1 unspecified atom stereocenters. The molecule has 0 amide bonds. The summed E-state index contributed by atoms with van der Waals surface area (Å²) in [6.45, 7) is 0. The lowest BCUT2D eigenvalue weighted by atomic mass is 9.97. The van der Waals surface area contributed by atoms with E-state index in [1.54, 1.807) is 0 Å². The molecule has 3 rings (SSSR count). The van der Waals surface area contributed by atoms with Gasteiger partial charge in [0.25, 0.3) is 0 Å². The molecule has 0 aliphatic heterocycles. The molecule has 0 spiro atoms. The quantitative estimate of drug-likeness (QED) is 0.794. The zero-order chi connectivity index (χ0) is 14.1. The van der Waals surface area contributed by atoms with Gasteiger partial charge < -0.3 is 5.32 Å². The van der Waals surface area contributed by atoms with Crippen molar-refractivity contribution >= 4 is 26.7 Å². The minimum Gasteiger partial charge on any atom is -0.308 e. The SMILES string of the molecule is CNC(c1cccc2ccccc12)c1c(Br)cnn1C. The number of halogens is 1. The van der Waals surface area contributed by atoms with Gasteiger partial charge in [0.1, 0.15) is 0 Å². The first kappa shape index (κ1) is 13.3. The van der Waals surface area contributed by atoms with Crippen LogP contribution in [0.1, 0.15) is 17.3 Å². The Labute approximate surface area is 126 Å². The number of benzene rings is 2. The monoisotopic (exact) mass is 329 g/mol. The maximum Gasteiger partial charge on any atom is 0.0763 e. The summed E-state index contributed by atoms with van der Waals surface area (Å²) in [7, 11) is 3.95. The van der Waals surface area contributed by atoms with Crippen LogP contribution in [0.4, 0.5) is 0 Å². The first-order valence-corrected chi connectivity index (χ1v) is 7.34. The van der Waals surface area contributed by atoms with Crippen molar-refractivity contribution in [3.8, 4) is 0 Å². The van der Waals surface area contributed by atoms with E-state index in [2.05, 4.69) is 68.8 Å². The van der Waals surface area contributed by atoms with Crippen LogP contribution in [0.15, 0.2) is 53.1 Å². The fourth-order valence-corrected chi connectivity index (χ4v) is 3.26. The van der Waals surface area contributed by atoms with Crippen molar-refractivity contribution in [2.24, 2.45) is 7.05 Å². The van der Waals surface area contributed by atoms with Gasteiger partial charge in [0.15, 0.2) is 0 Å². The van der Waals surface area contributed by atoms with E-state index >= 15 is 0 Å². The summed E-state index contributed by atoms with van der Waals surface area (Å²) in [5.41, 5.74) is 2.39. The molecular weight excluding hydrogens is 314 g/mol. The summed E-state index contributed by atoms with van der Waals surface area (Å²) in [6.07, 6.45) is 1.84. The molecule has 102 valence electrons. The fourth-order valence-electron chi connectivity index (χ4n) is 2.69. The van der Waals surface area contributed by atoms with E-state index in [0.29, 0.717) is 0 Å². The minimum absolute atomic E-state index is 0.1000. The van der Waals surface area contributed by atoms with Crippen molar-refractivity contribution in [3.63, 3.8) is 0 Å². The van der Waals surface area contributed by atoms with Gasteiger partial charge in [0.05, 0.1) is 22.4 Å². The van der Waals surface area contributed by atoms with Crippen molar-refractivity contribution in [1.29, 1.82) is 0 Å². The fraction of sp³-hybridized carbons (Fsp3) is 0.188. The van der Waals surface area contributed by atoms with Crippen LogP contribution in [-0.2, 0) is 7.05 Å². The van der Waals surface area contributed by atoms with E-state index in [-0.39, 0.29) is 6.04 Å². The number of nitrogens with zero attached hydrogens (tertiary/aromatic N) is 2. The highest BCUT2D eigenvalue weighted by Gasteiger charge is 2.20. The third kappa shape index (κ3) is 2.15. The van der Waals surface area contributed by atoms with Crippen LogP contribution in [0.25, 0.3) is 10.8 Å². The molecule has 0 aliphatic carbocycles. The summed E-state index contributed by atoms with van der Waals surface area (Å²) >= 11 is 3.60. The number of nitrogens with one attached hydrogen (secondary N) is 1. The zero-order valence-electron chi connectivity index (χ0n) is 11.5. The van der Waals surface area contributed by atoms with E-state index in [1.807, 2.05) is 25.0 Å². The van der Waals surface area contributed by atoms with Gasteiger partial charge in [0.2, 0.25) is 0 Å². The zero-order valence-corrected chi connectivity index (χ0v) is 13.1. The number of hydrogen-bond acceptors (Lipinski definition) is 2. The molecule has 3 nitrogen and oxygen atoms in total. The molecule has 1 N–H and O–H groups in total. The Morgan fingerprint density at radius 3 is 2.60 bits per heavy atom. The van der Waals surface area contributed by atoms with Gasteiger partial charge in [-0.05, 0) is 39.3 Å². The Morgan fingerprint density at radius 2 is 1.90 bits per heavy atom. The second-order valence-electron chi connectivity index (χ2n) is 4.79. The standard InChI is InChI=1S/C16H16BrN3/c1-18-15(16-14(17)10-19-20(16)2)13-9-5-7-11-6-3-4-8-12(11)13/h3-10,15,18H,1-2H3. The third-order valence-electron chi connectivity index (χ3n) is 3.63. The minimum atomic E-state index is 0.1000. The first-order chi connectivity index (χ1) is 9.72. The molecule has 0 aliphatic rings. The van der Waals surface area contributed by atoms with Crippen LogP contribution in [0.2, 0.25) is 0 Å². The maximum atomic E-state index is 4.32. The van der Waals surface area contributed by atoms with Crippen LogP contribution >= 0.6 is 15.9 Å². The highest BCUT2D eigenvalue weighted by molar-refractivity contribution is 9.10. The normalized spacial score (nSPS) is 12.8. The Bertz CT molecular complexity index is 724. The Hall–Kier alpha value is -1.65. The van der Waals surface area contributed by atoms with E-state index in [0.717, 1.165) is 10.2 Å². The van der Waals surface area contributed by atoms with E-state index < -0.39 is 0 Å². The number of aryl methyl sites for hydroxylation is 1. The molecule has 0 saturated carbocycles. The third-order valence-corrected chi connectivity index (χ3v) is 4.25. The van der Waals surface area contributed by atoms with Gasteiger partial charge in [-0.15, -0.1) is 0 Å². The number of rotatable bonds is 3. The van der Waals surface area contributed by atoms with Crippen molar-refractivity contribution in [3.05, 3.63) is 64.4 Å². The highest BCUT2D eigenvalue weighted by Crippen LogP contribution is 2.32. The average Bonchev–Trinajstić information content (AvgIpc) is 2.81. The van der Waals surface area contributed by atoms with Crippen molar-refractivity contribution < 1.29 is 0 Å². The Morgan fingerprint density at radius 1 is 1.15 bits per heavy atom. The van der Waals surface area contributed by atoms with Crippen LogP contribution < -0.4 is 5.32 Å². The second-order valence-corrected chi connectivity index (χ2v) is 5.65. The lowest BCUT2D eigenvalue weighted by Gasteiger charge is -2.19. The van der Waals surface area contributed by atoms with E-state index in [1.165, 1.54) is 16.3 Å². The lowest BCUT2D eigenvalue weighted by Crippen LogP contribution is -2.21. The average molecular weight is 330 g/mol. The molecule has 4 heteroatoms. The molecular formula is C16H16BrN3. The van der Waals surface area contributed by atoms with Crippen LogP contribution in [0, 0.1) is 0 Å². The van der Waals surface area contributed by atoms with E-state index in [4.69, 9.17) is 0 Å². The first-order valence-electron chi connectivity index (χ1n) is 6.54. The summed E-state index contributed by atoms with van der Waals surface area (Å²) in [6, 6.07) is 15.0. The Balaban J connectivity index is 2.22. The predicted molar refractivity (Wildman–Crippen MR) is 85.8 cm³/mol. The van der Waals surface area contributed by atoms with E-state index in [9.17, 15) is 0 Å². The predicted octanol–water partition coefficient (Wildman–Crippen LogP) is 3.64. The smallest absolute Gasteiger partial charge is 0.0763 e. The maximum absolute atomic E-state index is 4.32. The molecule has 1 atom stereocenters. The van der Waals surface area contributed by atoms with Gasteiger partial charge in [-0.2, -0.15) is 5.10 Å². The summed E-state index contributed by atoms with van der Waals surface area (Å²) in [4.78, 5) is 0. The molecule has 0 bridgehead atoms. The van der Waals surface area contributed by atoms with Gasteiger partial charge in [-0.25, -0.2) is 0 Å². The van der Waals surface area contributed by atoms with Gasteiger partial charge in [-0.3, -0.25) is 4.68 Å². The molecule has 0 radical (unpaired) electrons. The second kappa shape index (κ2) is 5.38. The number of hydrogen-bond donors (Lipinski definition) is 1. The lowest BCUT2D eigenvalue weighted by molar-refractivity contribution is 0.607. The van der Waals surface area contributed by atoms with Crippen LogP contribution in [-0.4, -0.2) is 16.8 Å². The van der Waals surface area contributed by atoms with Crippen molar-refractivity contribution in [2.75, 3.05) is 7.05 Å². The largest absolute Gasteiger partial charge is 0.308 e. The molecule has 1 aromatic heterocycles. The Kier molecular flexibility index (Phi) is 3.59. The molecule has 1 heterocycles. The summed E-state index contributed by atoms with van der Waals surface area (Å²) in [5.74, 6) is 0. The number of fused-ring (bicyclic) bond motifs is 1. The topological polar surface area (TPSA) is 29.9 Å². The van der Waals surface area contributed by atoms with Gasteiger partial charge in [0, 0.05) is 7.05 Å². The molecule has 2 aromatic carbocycles. The molecule has 3 aromatic rings. The molecule has 20 heavy (non-hydrogen) atoms. The van der Waals surface area contributed by atoms with Crippen LogP contribution in [0.3, 0.4) is 0 Å². The van der Waals surface area contributed by atoms with Gasteiger partial charge in [-0.1, -0.05) is 42.5 Å². The highest BCUT2D eigenvalue weighted by atomic mass is 79.9. The van der Waals surface area contributed by atoms with Gasteiger partial charge >= 0.3 is 0 Å². The van der Waals surface area contributed by atoms with Crippen molar-refractivity contribution in [2.45, 2.75) is 6.04 Å². The van der Waals surface area contributed by atoms with Crippen LogP contribution in [0.5, 0.6) is 0 Å². The van der Waals surface area contributed by atoms with Crippen molar-refractivity contribution in [1.82, 2.24) is 15.1 Å². The molecule has 0 saturated heterocycles. The summed E-state index contributed by atoms with van der Waals surface area (Å²) < 4.78 is 2.93.